The molecule has 0 aliphatic carbocycles. The first-order valence-electron chi connectivity index (χ1n) is 6.22. The number of carbonyl (C=O) groups excluding carboxylic acids is 1. The van der Waals surface area contributed by atoms with E-state index in [1.165, 1.54) is 0 Å². The van der Waals surface area contributed by atoms with E-state index < -0.39 is 0 Å². The van der Waals surface area contributed by atoms with Crippen LogP contribution in [0.5, 0.6) is 0 Å². The zero-order valence-corrected chi connectivity index (χ0v) is 10.3. The second-order valence-electron chi connectivity index (χ2n) is 4.67. The van der Waals surface area contributed by atoms with Gasteiger partial charge >= 0.3 is 0 Å². The molecule has 1 fully saturated rings. The van der Waals surface area contributed by atoms with Gasteiger partial charge in [-0.25, -0.2) is 0 Å². The normalized spacial score (nSPS) is 22.7. The summed E-state index contributed by atoms with van der Waals surface area (Å²) in [4.78, 5) is 14.2. The molecule has 2 aromatic carbocycles. The van der Waals surface area contributed by atoms with Crippen molar-refractivity contribution in [3.05, 3.63) is 66.2 Å². The van der Waals surface area contributed by atoms with Gasteiger partial charge in [0.2, 0.25) is 5.91 Å². The highest BCUT2D eigenvalue weighted by molar-refractivity contribution is 6.06. The molecule has 18 heavy (non-hydrogen) atoms. The second-order valence-corrected chi connectivity index (χ2v) is 4.67. The number of nitrogens with zero attached hydrogens (tertiary/aromatic N) is 1. The Kier molecular flexibility index (Phi) is 2.63. The van der Waals surface area contributed by atoms with Crippen LogP contribution in [0.25, 0.3) is 0 Å². The molecule has 0 aromatic heterocycles. The van der Waals surface area contributed by atoms with Crippen molar-refractivity contribution in [3.8, 4) is 0 Å². The third kappa shape index (κ3) is 1.61. The van der Waals surface area contributed by atoms with E-state index in [9.17, 15) is 4.79 Å². The number of carbonyl (C=O) groups is 1. The molecule has 0 unspecified atom stereocenters. The Morgan fingerprint density at radius 1 is 0.889 bits per heavy atom. The first-order valence-corrected chi connectivity index (χ1v) is 6.22. The van der Waals surface area contributed by atoms with Crippen molar-refractivity contribution in [1.82, 2.24) is 0 Å². The Balaban J connectivity index is 1.87. The minimum atomic E-state index is 0.00593. The maximum absolute atomic E-state index is 12.3. The number of hydrogen-bond donors (Lipinski definition) is 0. The third-order valence-corrected chi connectivity index (χ3v) is 3.59. The van der Waals surface area contributed by atoms with Gasteiger partial charge in [0.25, 0.3) is 0 Å². The Morgan fingerprint density at radius 2 is 1.44 bits per heavy atom. The van der Waals surface area contributed by atoms with Crippen LogP contribution in [0.3, 0.4) is 0 Å². The van der Waals surface area contributed by atoms with Gasteiger partial charge in [-0.05, 0) is 24.6 Å². The van der Waals surface area contributed by atoms with Gasteiger partial charge in [0, 0.05) is 11.7 Å². The smallest absolute Gasteiger partial charge is 0.236 e. The van der Waals surface area contributed by atoms with Crippen molar-refractivity contribution < 1.29 is 4.79 Å². The molecule has 1 aliphatic heterocycles. The Bertz CT molecular complexity index is 500. The van der Waals surface area contributed by atoms with Crippen LogP contribution in [0.2, 0.25) is 0 Å². The largest absolute Gasteiger partial charge is 0.308 e. The highest BCUT2D eigenvalue weighted by Crippen LogP contribution is 2.38. The summed E-state index contributed by atoms with van der Waals surface area (Å²) < 4.78 is 0. The van der Waals surface area contributed by atoms with Crippen LogP contribution >= 0.6 is 0 Å². The number of para-hydroxylation sites is 1. The van der Waals surface area contributed by atoms with Gasteiger partial charge in [-0.1, -0.05) is 48.5 Å². The van der Waals surface area contributed by atoms with Crippen LogP contribution in [0.15, 0.2) is 60.7 Å². The number of rotatable bonds is 2. The standard InChI is InChI=1S/C16H15NO/c1-12-15(13-8-4-2-5-9-13)16(18)17(12)14-10-6-3-7-11-14/h2-12,15H,1H3/t12-,15+/m0/s1. The van der Waals surface area contributed by atoms with E-state index in [2.05, 4.69) is 6.92 Å². The van der Waals surface area contributed by atoms with Crippen molar-refractivity contribution in [3.63, 3.8) is 0 Å². The molecule has 0 N–H and O–H groups in total. The number of β-lactam (4-membered cyclic amide) rings is 1. The highest BCUT2D eigenvalue weighted by Gasteiger charge is 2.45. The molecular formula is C16H15NO. The van der Waals surface area contributed by atoms with Crippen LogP contribution in [0.1, 0.15) is 18.4 Å². The first-order chi connectivity index (χ1) is 8.79. The fourth-order valence-corrected chi connectivity index (χ4v) is 2.66. The monoisotopic (exact) mass is 237 g/mol. The van der Waals surface area contributed by atoms with E-state index >= 15 is 0 Å². The van der Waals surface area contributed by atoms with Gasteiger partial charge in [0.1, 0.15) is 0 Å². The van der Waals surface area contributed by atoms with Crippen LogP contribution in [0.4, 0.5) is 5.69 Å². The van der Waals surface area contributed by atoms with E-state index in [0.717, 1.165) is 11.3 Å². The molecule has 90 valence electrons. The zero-order valence-electron chi connectivity index (χ0n) is 10.3. The van der Waals surface area contributed by atoms with Gasteiger partial charge in [-0.15, -0.1) is 0 Å². The van der Waals surface area contributed by atoms with Crippen molar-refractivity contribution in [1.29, 1.82) is 0 Å². The number of anilines is 1. The maximum atomic E-state index is 12.3. The van der Waals surface area contributed by atoms with Crippen LogP contribution in [-0.2, 0) is 4.79 Å². The van der Waals surface area contributed by atoms with Crippen LogP contribution < -0.4 is 4.90 Å². The van der Waals surface area contributed by atoms with Gasteiger partial charge in [0.05, 0.1) is 5.92 Å². The lowest BCUT2D eigenvalue weighted by Gasteiger charge is -2.45. The summed E-state index contributed by atoms with van der Waals surface area (Å²) in [5, 5.41) is 0. The zero-order chi connectivity index (χ0) is 12.5. The molecule has 0 radical (unpaired) electrons. The fraction of sp³-hybridized carbons (Fsp3) is 0.188. The Morgan fingerprint density at radius 3 is 2.00 bits per heavy atom. The summed E-state index contributed by atoms with van der Waals surface area (Å²) in [7, 11) is 0. The van der Waals surface area contributed by atoms with E-state index in [0.29, 0.717) is 0 Å². The minimum absolute atomic E-state index is 0.00593. The average Bonchev–Trinajstić information content (AvgIpc) is 2.41. The molecule has 0 spiro atoms. The Labute approximate surface area is 107 Å². The molecule has 2 aromatic rings. The molecule has 2 atom stereocenters. The lowest BCUT2D eigenvalue weighted by Crippen LogP contribution is -2.58. The predicted octanol–water partition coefficient (Wildman–Crippen LogP) is 3.21. The van der Waals surface area contributed by atoms with Crippen LogP contribution in [-0.4, -0.2) is 11.9 Å². The molecular weight excluding hydrogens is 222 g/mol. The van der Waals surface area contributed by atoms with Gasteiger partial charge in [-0.3, -0.25) is 4.79 Å². The van der Waals surface area contributed by atoms with Crippen molar-refractivity contribution in [2.45, 2.75) is 18.9 Å². The Hall–Kier alpha value is -2.09. The lowest BCUT2D eigenvalue weighted by molar-refractivity contribution is -0.126. The molecule has 1 saturated heterocycles. The second kappa shape index (κ2) is 4.30. The van der Waals surface area contributed by atoms with Crippen molar-refractivity contribution >= 4 is 11.6 Å². The summed E-state index contributed by atoms with van der Waals surface area (Å²) >= 11 is 0. The van der Waals surface area contributed by atoms with Crippen LogP contribution in [0, 0.1) is 0 Å². The first kappa shape index (κ1) is 11.0. The number of hydrogen-bond acceptors (Lipinski definition) is 1. The maximum Gasteiger partial charge on any atom is 0.236 e. The van der Waals surface area contributed by atoms with Crippen molar-refractivity contribution in [2.24, 2.45) is 0 Å². The molecule has 1 heterocycles. The fourth-order valence-electron chi connectivity index (χ4n) is 2.66. The summed E-state index contributed by atoms with van der Waals surface area (Å²) in [5.74, 6) is 0.200. The molecule has 0 bridgehead atoms. The summed E-state index contributed by atoms with van der Waals surface area (Å²) in [5.41, 5.74) is 2.10. The molecule has 3 rings (SSSR count). The molecule has 2 heteroatoms. The third-order valence-electron chi connectivity index (χ3n) is 3.59. The van der Waals surface area contributed by atoms with E-state index in [4.69, 9.17) is 0 Å². The molecule has 1 amide bonds. The van der Waals surface area contributed by atoms with E-state index in [1.807, 2.05) is 65.6 Å². The lowest BCUT2D eigenvalue weighted by atomic mass is 9.82. The molecule has 1 aliphatic rings. The average molecular weight is 237 g/mol. The predicted molar refractivity (Wildman–Crippen MR) is 72.6 cm³/mol. The number of benzene rings is 2. The quantitative estimate of drug-likeness (QED) is 0.734. The summed E-state index contributed by atoms with van der Waals surface area (Å²) in [6.07, 6.45) is 0. The van der Waals surface area contributed by atoms with Gasteiger partial charge < -0.3 is 4.90 Å². The highest BCUT2D eigenvalue weighted by atomic mass is 16.2. The van der Waals surface area contributed by atoms with E-state index in [1.54, 1.807) is 0 Å². The van der Waals surface area contributed by atoms with Crippen molar-refractivity contribution in [2.75, 3.05) is 4.90 Å². The topological polar surface area (TPSA) is 20.3 Å². The van der Waals surface area contributed by atoms with Gasteiger partial charge in [0.15, 0.2) is 0 Å². The SMILES string of the molecule is C[C@H]1[C@H](c2ccccc2)C(=O)N1c1ccccc1. The minimum Gasteiger partial charge on any atom is -0.308 e. The van der Waals surface area contributed by atoms with Gasteiger partial charge in [-0.2, -0.15) is 0 Å². The summed E-state index contributed by atoms with van der Waals surface area (Å²) in [6.45, 7) is 2.10. The van der Waals surface area contributed by atoms with E-state index in [-0.39, 0.29) is 17.9 Å². The summed E-state index contributed by atoms with van der Waals surface area (Å²) in [6, 6.07) is 20.1. The molecule has 2 nitrogen and oxygen atoms in total. The number of amides is 1. The molecule has 0 saturated carbocycles.